The van der Waals surface area contributed by atoms with E-state index in [1.165, 1.54) is 19.1 Å². The van der Waals surface area contributed by atoms with Crippen LogP contribution in [0.25, 0.3) is 0 Å². The molecule has 0 aromatic carbocycles. The van der Waals surface area contributed by atoms with Gasteiger partial charge in [0.2, 0.25) is 5.89 Å². The molecule has 1 heterocycles. The number of carbonyl (C=O) groups excluding carboxylic acids is 1. The average Bonchev–Trinajstić information content (AvgIpc) is 2.78. The van der Waals surface area contributed by atoms with Gasteiger partial charge in [0.25, 0.3) is 5.91 Å². The molecule has 0 saturated heterocycles. The van der Waals surface area contributed by atoms with Crippen molar-refractivity contribution in [2.45, 2.75) is 50.6 Å². The van der Waals surface area contributed by atoms with E-state index in [2.05, 4.69) is 10.3 Å². The summed E-state index contributed by atoms with van der Waals surface area (Å²) in [6.45, 7) is -0.260. The highest BCUT2D eigenvalue weighted by Gasteiger charge is 2.20. The molecule has 1 fully saturated rings. The zero-order valence-corrected chi connectivity index (χ0v) is 11.0. The van der Waals surface area contributed by atoms with Crippen LogP contribution in [0.15, 0.2) is 10.7 Å². The van der Waals surface area contributed by atoms with Gasteiger partial charge in [-0.15, -0.1) is 0 Å². The van der Waals surface area contributed by atoms with Crippen molar-refractivity contribution in [2.75, 3.05) is 6.61 Å². The predicted molar refractivity (Wildman–Crippen MR) is 69.5 cm³/mol. The van der Waals surface area contributed by atoms with Crippen LogP contribution in [0.2, 0.25) is 0 Å². The molecule has 0 bridgehead atoms. The highest BCUT2D eigenvalue weighted by atomic mass is 16.3. The Morgan fingerprint density at radius 3 is 2.79 bits per heavy atom. The Kier molecular flexibility index (Phi) is 4.93. The molecule has 1 aliphatic rings. The van der Waals surface area contributed by atoms with Gasteiger partial charge in [-0.05, 0) is 12.8 Å². The molecular formula is C13H21N3O3. The quantitative estimate of drug-likeness (QED) is 0.710. The van der Waals surface area contributed by atoms with E-state index in [0.717, 1.165) is 25.7 Å². The smallest absolute Gasteiger partial charge is 0.273 e. The molecule has 1 saturated carbocycles. The van der Waals surface area contributed by atoms with E-state index < -0.39 is 6.04 Å². The van der Waals surface area contributed by atoms with E-state index in [4.69, 9.17) is 15.3 Å². The summed E-state index contributed by atoms with van der Waals surface area (Å²) in [5, 5.41) is 11.9. The topological polar surface area (TPSA) is 101 Å². The molecule has 0 aliphatic heterocycles. The summed E-state index contributed by atoms with van der Waals surface area (Å²) in [6.07, 6.45) is 8.13. The number of nitrogens with one attached hydrogen (secondary N) is 1. The van der Waals surface area contributed by atoms with Crippen LogP contribution in [0, 0.1) is 0 Å². The lowest BCUT2D eigenvalue weighted by Crippen LogP contribution is -2.34. The Hall–Kier alpha value is -1.40. The third-order valence-electron chi connectivity index (χ3n) is 3.46. The van der Waals surface area contributed by atoms with E-state index in [-0.39, 0.29) is 30.1 Å². The van der Waals surface area contributed by atoms with Crippen molar-refractivity contribution in [2.24, 2.45) is 5.73 Å². The van der Waals surface area contributed by atoms with Crippen molar-refractivity contribution in [3.8, 4) is 0 Å². The van der Waals surface area contributed by atoms with Crippen LogP contribution >= 0.6 is 0 Å². The number of hydrogen-bond donors (Lipinski definition) is 3. The van der Waals surface area contributed by atoms with Crippen LogP contribution in [0.1, 0.15) is 60.9 Å². The number of aliphatic hydroxyl groups is 1. The van der Waals surface area contributed by atoms with Gasteiger partial charge in [0.1, 0.15) is 12.3 Å². The van der Waals surface area contributed by atoms with Gasteiger partial charge in [-0.3, -0.25) is 4.79 Å². The van der Waals surface area contributed by atoms with E-state index in [9.17, 15) is 4.79 Å². The molecular weight excluding hydrogens is 246 g/mol. The number of rotatable bonds is 4. The van der Waals surface area contributed by atoms with Crippen LogP contribution in [-0.4, -0.2) is 28.6 Å². The van der Waals surface area contributed by atoms with Crippen molar-refractivity contribution in [3.63, 3.8) is 0 Å². The van der Waals surface area contributed by atoms with E-state index in [1.54, 1.807) is 0 Å². The van der Waals surface area contributed by atoms with Gasteiger partial charge in [0, 0.05) is 6.04 Å². The molecule has 1 aromatic heterocycles. The van der Waals surface area contributed by atoms with Gasteiger partial charge in [-0.2, -0.15) is 0 Å². The molecule has 106 valence electrons. The summed E-state index contributed by atoms with van der Waals surface area (Å²) >= 11 is 0. The summed E-state index contributed by atoms with van der Waals surface area (Å²) < 4.78 is 5.10. The molecule has 1 aromatic rings. The Bertz CT molecular complexity index is 411. The van der Waals surface area contributed by atoms with E-state index in [0.29, 0.717) is 0 Å². The lowest BCUT2D eigenvalue weighted by molar-refractivity contribution is 0.0928. The maximum Gasteiger partial charge on any atom is 0.273 e. The minimum Gasteiger partial charge on any atom is -0.446 e. The average molecular weight is 267 g/mol. The van der Waals surface area contributed by atoms with Crippen LogP contribution in [-0.2, 0) is 0 Å². The first-order valence-electron chi connectivity index (χ1n) is 6.83. The highest BCUT2D eigenvalue weighted by Crippen LogP contribution is 2.18. The monoisotopic (exact) mass is 267 g/mol. The summed E-state index contributed by atoms with van der Waals surface area (Å²) in [7, 11) is 0. The van der Waals surface area contributed by atoms with Gasteiger partial charge < -0.3 is 20.6 Å². The van der Waals surface area contributed by atoms with Crippen molar-refractivity contribution in [3.05, 3.63) is 17.8 Å². The van der Waals surface area contributed by atoms with Crippen LogP contribution in [0.5, 0.6) is 0 Å². The third kappa shape index (κ3) is 3.78. The van der Waals surface area contributed by atoms with Gasteiger partial charge in [-0.25, -0.2) is 4.98 Å². The van der Waals surface area contributed by atoms with Crippen LogP contribution < -0.4 is 11.1 Å². The Morgan fingerprint density at radius 2 is 2.16 bits per heavy atom. The summed E-state index contributed by atoms with van der Waals surface area (Å²) in [4.78, 5) is 16.0. The maximum absolute atomic E-state index is 12.0. The standard InChI is InChI=1S/C13H21N3O3/c14-10(7-17)13-16-11(8-19-13)12(18)15-9-5-3-1-2-4-6-9/h8-10,17H,1-7,14H2,(H,15,18). The molecule has 6 heteroatoms. The molecule has 2 rings (SSSR count). The molecule has 1 atom stereocenters. The number of carbonyl (C=O) groups is 1. The first kappa shape index (κ1) is 14.0. The molecule has 6 nitrogen and oxygen atoms in total. The first-order chi connectivity index (χ1) is 9.20. The molecule has 0 spiro atoms. The van der Waals surface area contributed by atoms with Gasteiger partial charge in [0.15, 0.2) is 5.69 Å². The predicted octanol–water partition coefficient (Wildman–Crippen LogP) is 1.12. The largest absolute Gasteiger partial charge is 0.446 e. The van der Waals surface area contributed by atoms with Gasteiger partial charge >= 0.3 is 0 Å². The molecule has 0 radical (unpaired) electrons. The molecule has 19 heavy (non-hydrogen) atoms. The van der Waals surface area contributed by atoms with Crippen molar-refractivity contribution >= 4 is 5.91 Å². The number of nitrogens with zero attached hydrogens (tertiary/aromatic N) is 1. The maximum atomic E-state index is 12.0. The number of hydrogen-bond acceptors (Lipinski definition) is 5. The SMILES string of the molecule is NC(CO)c1nc(C(=O)NC2CCCCCC2)co1. The molecule has 1 aliphatic carbocycles. The number of aliphatic hydroxyl groups excluding tert-OH is 1. The zero-order chi connectivity index (χ0) is 13.7. The minimum atomic E-state index is -0.681. The van der Waals surface area contributed by atoms with Gasteiger partial charge in [-0.1, -0.05) is 25.7 Å². The number of amides is 1. The molecule has 4 N–H and O–H groups in total. The number of aromatic nitrogens is 1. The Labute approximate surface area is 112 Å². The highest BCUT2D eigenvalue weighted by molar-refractivity contribution is 5.92. The second-order valence-corrected chi connectivity index (χ2v) is 5.02. The summed E-state index contributed by atoms with van der Waals surface area (Å²) in [5.41, 5.74) is 5.80. The van der Waals surface area contributed by atoms with Crippen molar-refractivity contribution in [1.29, 1.82) is 0 Å². The van der Waals surface area contributed by atoms with Gasteiger partial charge in [0.05, 0.1) is 6.61 Å². The molecule has 1 unspecified atom stereocenters. The number of oxazole rings is 1. The Balaban J connectivity index is 1.93. The fourth-order valence-corrected chi connectivity index (χ4v) is 2.32. The fraction of sp³-hybridized carbons (Fsp3) is 0.692. The fourth-order valence-electron chi connectivity index (χ4n) is 2.32. The zero-order valence-electron chi connectivity index (χ0n) is 11.0. The normalized spacial score (nSPS) is 18.8. The summed E-state index contributed by atoms with van der Waals surface area (Å²) in [6, 6.07) is -0.457. The Morgan fingerprint density at radius 1 is 1.47 bits per heavy atom. The van der Waals surface area contributed by atoms with Crippen molar-refractivity contribution < 1.29 is 14.3 Å². The lowest BCUT2D eigenvalue weighted by atomic mass is 10.1. The second-order valence-electron chi connectivity index (χ2n) is 5.02. The van der Waals surface area contributed by atoms with E-state index in [1.807, 2.05) is 0 Å². The minimum absolute atomic E-state index is 0.188. The van der Waals surface area contributed by atoms with Crippen LogP contribution in [0.3, 0.4) is 0 Å². The van der Waals surface area contributed by atoms with Crippen molar-refractivity contribution in [1.82, 2.24) is 10.3 Å². The van der Waals surface area contributed by atoms with Crippen LogP contribution in [0.4, 0.5) is 0 Å². The second kappa shape index (κ2) is 6.68. The lowest BCUT2D eigenvalue weighted by Gasteiger charge is -2.14. The first-order valence-corrected chi connectivity index (χ1v) is 6.83. The molecule has 1 amide bonds. The summed E-state index contributed by atoms with van der Waals surface area (Å²) in [5.74, 6) is -0.0412. The number of nitrogens with two attached hydrogens (primary N) is 1. The van der Waals surface area contributed by atoms with E-state index >= 15 is 0 Å². The third-order valence-corrected chi connectivity index (χ3v) is 3.46.